The molecule has 0 spiro atoms. The standard InChI is InChI=1S/C19H16N2O2S2/c1-21(13-19-20-17-8-4-5-9-18(17)24-19)25(22,23)16-11-10-14-6-2-3-7-15(14)12-16/h2-12H,13H2,1H3. The van der Waals surface area contributed by atoms with Crippen LogP contribution >= 0.6 is 11.3 Å². The van der Waals surface area contributed by atoms with Gasteiger partial charge in [0.05, 0.1) is 21.7 Å². The zero-order valence-electron chi connectivity index (χ0n) is 13.6. The van der Waals surface area contributed by atoms with Gasteiger partial charge in [-0.15, -0.1) is 11.3 Å². The summed E-state index contributed by atoms with van der Waals surface area (Å²) in [6, 6.07) is 20.8. The van der Waals surface area contributed by atoms with E-state index in [1.165, 1.54) is 15.6 Å². The molecule has 0 fully saturated rings. The van der Waals surface area contributed by atoms with Crippen molar-refractivity contribution in [1.82, 2.24) is 9.29 Å². The highest BCUT2D eigenvalue weighted by Gasteiger charge is 2.22. The molecule has 0 unspecified atom stereocenters. The topological polar surface area (TPSA) is 50.3 Å². The van der Waals surface area contributed by atoms with Crippen molar-refractivity contribution >= 4 is 42.3 Å². The molecule has 0 saturated carbocycles. The predicted molar refractivity (Wildman–Crippen MR) is 102 cm³/mol. The van der Waals surface area contributed by atoms with Gasteiger partial charge in [-0.3, -0.25) is 0 Å². The first-order valence-corrected chi connectivity index (χ1v) is 10.1. The van der Waals surface area contributed by atoms with Crippen molar-refractivity contribution in [2.75, 3.05) is 7.05 Å². The normalized spacial score (nSPS) is 12.2. The molecule has 0 aliphatic heterocycles. The monoisotopic (exact) mass is 368 g/mol. The maximum absolute atomic E-state index is 12.9. The first-order chi connectivity index (χ1) is 12.0. The quantitative estimate of drug-likeness (QED) is 0.540. The van der Waals surface area contributed by atoms with E-state index in [2.05, 4.69) is 4.98 Å². The molecule has 0 amide bonds. The third-order valence-corrected chi connectivity index (χ3v) is 6.95. The molecule has 1 heterocycles. The maximum Gasteiger partial charge on any atom is 0.243 e. The average molecular weight is 368 g/mol. The average Bonchev–Trinajstić information content (AvgIpc) is 3.03. The first kappa shape index (κ1) is 16.2. The van der Waals surface area contributed by atoms with E-state index in [1.807, 2.05) is 54.6 Å². The Morgan fingerprint density at radius 1 is 0.960 bits per heavy atom. The summed E-state index contributed by atoms with van der Waals surface area (Å²) in [6.07, 6.45) is 0. The lowest BCUT2D eigenvalue weighted by Gasteiger charge is -2.16. The summed E-state index contributed by atoms with van der Waals surface area (Å²) in [5.41, 5.74) is 0.902. The Morgan fingerprint density at radius 3 is 2.48 bits per heavy atom. The van der Waals surface area contributed by atoms with E-state index in [0.29, 0.717) is 4.90 Å². The number of thiazole rings is 1. The largest absolute Gasteiger partial charge is 0.243 e. The van der Waals surface area contributed by atoms with Crippen molar-refractivity contribution in [2.45, 2.75) is 11.4 Å². The van der Waals surface area contributed by atoms with E-state index >= 15 is 0 Å². The van der Waals surface area contributed by atoms with Crippen LogP contribution < -0.4 is 0 Å². The van der Waals surface area contributed by atoms with Gasteiger partial charge in [0.25, 0.3) is 0 Å². The first-order valence-electron chi connectivity index (χ1n) is 7.84. The second-order valence-electron chi connectivity index (χ2n) is 5.85. The molecule has 1 aromatic heterocycles. The van der Waals surface area contributed by atoms with Crippen LogP contribution in [0.1, 0.15) is 5.01 Å². The summed E-state index contributed by atoms with van der Waals surface area (Å²) in [4.78, 5) is 4.82. The van der Waals surface area contributed by atoms with Gasteiger partial charge in [0.2, 0.25) is 10.0 Å². The van der Waals surface area contributed by atoms with Crippen LogP contribution in [0.25, 0.3) is 21.0 Å². The van der Waals surface area contributed by atoms with Crippen LogP contribution in [0.5, 0.6) is 0 Å². The molecule has 0 atom stereocenters. The van der Waals surface area contributed by atoms with Gasteiger partial charge in [0.15, 0.2) is 0 Å². The summed E-state index contributed by atoms with van der Waals surface area (Å²) < 4.78 is 28.2. The van der Waals surface area contributed by atoms with E-state index in [0.717, 1.165) is 26.0 Å². The fourth-order valence-electron chi connectivity index (χ4n) is 2.77. The van der Waals surface area contributed by atoms with Crippen molar-refractivity contribution in [3.05, 3.63) is 71.7 Å². The Morgan fingerprint density at radius 2 is 1.68 bits per heavy atom. The number of hydrogen-bond donors (Lipinski definition) is 0. The highest BCUT2D eigenvalue weighted by atomic mass is 32.2. The molecule has 4 aromatic rings. The number of aromatic nitrogens is 1. The van der Waals surface area contributed by atoms with E-state index in [-0.39, 0.29) is 6.54 Å². The highest BCUT2D eigenvalue weighted by Crippen LogP contribution is 2.25. The van der Waals surface area contributed by atoms with Gasteiger partial charge in [0, 0.05) is 7.05 Å². The second-order valence-corrected chi connectivity index (χ2v) is 9.01. The number of rotatable bonds is 4. The summed E-state index contributed by atoms with van der Waals surface area (Å²) in [5, 5.41) is 2.72. The van der Waals surface area contributed by atoms with E-state index in [4.69, 9.17) is 0 Å². The van der Waals surface area contributed by atoms with Gasteiger partial charge >= 0.3 is 0 Å². The molecule has 126 valence electrons. The summed E-state index contributed by atoms with van der Waals surface area (Å²) in [6.45, 7) is 0.258. The smallest absolute Gasteiger partial charge is 0.240 e. The molecule has 0 bridgehead atoms. The van der Waals surface area contributed by atoms with Crippen LogP contribution in [0.2, 0.25) is 0 Å². The molecule has 0 N–H and O–H groups in total. The van der Waals surface area contributed by atoms with E-state index in [1.54, 1.807) is 19.2 Å². The molecule has 0 radical (unpaired) electrons. The third kappa shape index (κ3) is 3.04. The molecular formula is C19H16N2O2S2. The fraction of sp³-hybridized carbons (Fsp3) is 0.105. The SMILES string of the molecule is CN(Cc1nc2ccccc2s1)S(=O)(=O)c1ccc2ccccc2c1. The lowest BCUT2D eigenvalue weighted by molar-refractivity contribution is 0.466. The molecule has 0 aliphatic carbocycles. The molecule has 25 heavy (non-hydrogen) atoms. The van der Waals surface area contributed by atoms with Crippen LogP contribution in [0.15, 0.2) is 71.6 Å². The van der Waals surface area contributed by atoms with Crippen LogP contribution in [0, 0.1) is 0 Å². The van der Waals surface area contributed by atoms with Gasteiger partial charge in [-0.05, 0) is 35.0 Å². The van der Waals surface area contributed by atoms with Crippen molar-refractivity contribution < 1.29 is 8.42 Å². The van der Waals surface area contributed by atoms with Crippen molar-refractivity contribution in [1.29, 1.82) is 0 Å². The number of hydrogen-bond acceptors (Lipinski definition) is 4. The number of nitrogens with zero attached hydrogens (tertiary/aromatic N) is 2. The summed E-state index contributed by atoms with van der Waals surface area (Å²) >= 11 is 1.52. The number of benzene rings is 3. The third-order valence-electron chi connectivity index (χ3n) is 4.13. The van der Waals surface area contributed by atoms with Gasteiger partial charge in [0.1, 0.15) is 5.01 Å². The van der Waals surface area contributed by atoms with Crippen LogP contribution in [0.4, 0.5) is 0 Å². The van der Waals surface area contributed by atoms with Crippen LogP contribution in [0.3, 0.4) is 0 Å². The Bertz CT molecular complexity index is 1130. The zero-order valence-corrected chi connectivity index (χ0v) is 15.2. The molecule has 4 nitrogen and oxygen atoms in total. The van der Waals surface area contributed by atoms with Gasteiger partial charge in [-0.1, -0.05) is 42.5 Å². The lowest BCUT2D eigenvalue weighted by atomic mass is 10.1. The summed E-state index contributed by atoms with van der Waals surface area (Å²) in [5.74, 6) is 0. The number of fused-ring (bicyclic) bond motifs is 2. The van der Waals surface area contributed by atoms with Crippen molar-refractivity contribution in [3.63, 3.8) is 0 Å². The zero-order chi connectivity index (χ0) is 17.4. The number of para-hydroxylation sites is 1. The van der Waals surface area contributed by atoms with Gasteiger partial charge < -0.3 is 0 Å². The van der Waals surface area contributed by atoms with Crippen LogP contribution in [-0.2, 0) is 16.6 Å². The lowest BCUT2D eigenvalue weighted by Crippen LogP contribution is -2.26. The second kappa shape index (κ2) is 6.22. The minimum absolute atomic E-state index is 0.258. The molecule has 6 heteroatoms. The summed E-state index contributed by atoms with van der Waals surface area (Å²) in [7, 11) is -1.97. The molecule has 4 rings (SSSR count). The minimum Gasteiger partial charge on any atom is -0.240 e. The van der Waals surface area contributed by atoms with Gasteiger partial charge in [-0.2, -0.15) is 4.31 Å². The van der Waals surface area contributed by atoms with Crippen LogP contribution in [-0.4, -0.2) is 24.8 Å². The Hall–Kier alpha value is -2.28. The Labute approximate surface area is 150 Å². The van der Waals surface area contributed by atoms with Crippen molar-refractivity contribution in [3.8, 4) is 0 Å². The Kier molecular flexibility index (Phi) is 4.03. The predicted octanol–water partition coefficient (Wildman–Crippen LogP) is 4.27. The van der Waals surface area contributed by atoms with E-state index < -0.39 is 10.0 Å². The molecule has 3 aromatic carbocycles. The van der Waals surface area contributed by atoms with Gasteiger partial charge in [-0.25, -0.2) is 13.4 Å². The molecule has 0 saturated heterocycles. The highest BCUT2D eigenvalue weighted by molar-refractivity contribution is 7.89. The molecular weight excluding hydrogens is 352 g/mol. The van der Waals surface area contributed by atoms with Crippen molar-refractivity contribution in [2.24, 2.45) is 0 Å². The van der Waals surface area contributed by atoms with E-state index in [9.17, 15) is 8.42 Å². The fourth-order valence-corrected chi connectivity index (χ4v) is 5.04. The Balaban J connectivity index is 1.65. The minimum atomic E-state index is -3.57. The number of sulfonamides is 1. The molecule has 0 aliphatic rings. The maximum atomic E-state index is 12.9.